The summed E-state index contributed by atoms with van der Waals surface area (Å²) in [7, 11) is 0. The Morgan fingerprint density at radius 3 is 2.70 bits per heavy atom. The topological polar surface area (TPSA) is 68.0 Å². The Morgan fingerprint density at radius 1 is 1.18 bits per heavy atom. The summed E-state index contributed by atoms with van der Waals surface area (Å²) in [4.78, 5) is 17.9. The zero-order valence-corrected chi connectivity index (χ0v) is 20.3. The van der Waals surface area contributed by atoms with Crippen molar-refractivity contribution < 1.29 is 14.3 Å². The molecule has 2 aliphatic rings. The maximum absolute atomic E-state index is 13.6. The van der Waals surface area contributed by atoms with E-state index in [9.17, 15) is 4.79 Å². The average Bonchev–Trinajstić information content (AvgIpc) is 3.10. The van der Waals surface area contributed by atoms with Crippen molar-refractivity contribution in [2.24, 2.45) is 11.8 Å². The van der Waals surface area contributed by atoms with Gasteiger partial charge in [0, 0.05) is 38.3 Å². The van der Waals surface area contributed by atoms with E-state index in [1.165, 1.54) is 5.56 Å². The maximum atomic E-state index is 13.6. The lowest BCUT2D eigenvalue weighted by Gasteiger charge is -2.28. The van der Waals surface area contributed by atoms with Gasteiger partial charge >= 0.3 is 0 Å². The van der Waals surface area contributed by atoms with Gasteiger partial charge in [-0.15, -0.1) is 0 Å². The van der Waals surface area contributed by atoms with E-state index in [0.29, 0.717) is 48.7 Å². The van der Waals surface area contributed by atoms with Gasteiger partial charge in [0.1, 0.15) is 0 Å². The van der Waals surface area contributed by atoms with Crippen molar-refractivity contribution >= 4 is 23.2 Å². The monoisotopic (exact) mass is 471 g/mol. The first kappa shape index (κ1) is 23.7. The first-order valence-corrected chi connectivity index (χ1v) is 12.2. The number of amides is 1. The van der Waals surface area contributed by atoms with E-state index in [2.05, 4.69) is 30.9 Å². The van der Waals surface area contributed by atoms with Gasteiger partial charge in [-0.1, -0.05) is 37.6 Å². The van der Waals surface area contributed by atoms with Crippen molar-refractivity contribution in [2.75, 3.05) is 38.6 Å². The van der Waals surface area contributed by atoms with Crippen LogP contribution in [-0.4, -0.2) is 48.6 Å². The van der Waals surface area contributed by atoms with Crippen molar-refractivity contribution in [1.29, 1.82) is 0 Å². The van der Waals surface area contributed by atoms with Gasteiger partial charge in [0.2, 0.25) is 5.91 Å². The van der Waals surface area contributed by atoms with Crippen LogP contribution in [0.2, 0.25) is 5.02 Å². The van der Waals surface area contributed by atoms with Gasteiger partial charge < -0.3 is 20.1 Å². The van der Waals surface area contributed by atoms with Crippen LogP contribution < -0.4 is 15.2 Å². The molecule has 4 rings (SSSR count). The molecule has 2 aromatic carbocycles. The fourth-order valence-electron chi connectivity index (χ4n) is 4.59. The molecule has 2 N–H and O–H groups in total. The molecule has 6 nitrogen and oxygen atoms in total. The van der Waals surface area contributed by atoms with E-state index >= 15 is 0 Å². The molecule has 178 valence electrons. The molecule has 1 atom stereocenters. The van der Waals surface area contributed by atoms with Gasteiger partial charge in [-0.25, -0.2) is 0 Å². The number of nitrogens with two attached hydrogens (primary N) is 1. The molecule has 0 spiro atoms. The minimum absolute atomic E-state index is 0.00779. The predicted octanol–water partition coefficient (Wildman–Crippen LogP) is 4.59. The zero-order valence-electron chi connectivity index (χ0n) is 19.6. The fourth-order valence-corrected chi connectivity index (χ4v) is 4.87. The molecule has 7 heteroatoms. The highest BCUT2D eigenvalue weighted by Crippen LogP contribution is 2.38. The summed E-state index contributed by atoms with van der Waals surface area (Å²) >= 11 is 6.50. The Kier molecular flexibility index (Phi) is 7.66. The van der Waals surface area contributed by atoms with E-state index in [1.54, 1.807) is 0 Å². The minimum Gasteiger partial charge on any atom is -0.489 e. The summed E-state index contributed by atoms with van der Waals surface area (Å²) in [6, 6.07) is 11.8. The molecule has 1 saturated heterocycles. The van der Waals surface area contributed by atoms with Crippen LogP contribution in [0.5, 0.6) is 11.5 Å². The molecule has 2 aromatic rings. The number of likely N-dealkylation sites (tertiary alicyclic amines) is 1. The van der Waals surface area contributed by atoms with E-state index in [-0.39, 0.29) is 11.8 Å². The molecule has 0 radical (unpaired) electrons. The molecule has 0 aromatic heterocycles. The number of fused-ring (bicyclic) bond motifs is 1. The molecule has 0 unspecified atom stereocenters. The molecule has 33 heavy (non-hydrogen) atoms. The first-order valence-electron chi connectivity index (χ1n) is 11.8. The van der Waals surface area contributed by atoms with Gasteiger partial charge in [0.05, 0.1) is 24.2 Å². The van der Waals surface area contributed by atoms with Crippen molar-refractivity contribution in [3.05, 3.63) is 52.5 Å². The number of halogens is 1. The number of nitrogens with zero attached hydrogens (tertiary/aromatic N) is 2. The molecule has 0 aliphatic carbocycles. The van der Waals surface area contributed by atoms with Crippen molar-refractivity contribution in [2.45, 2.75) is 39.8 Å². The number of benzene rings is 2. The number of carbonyl (C=O) groups excluding carboxylic acids is 1. The van der Waals surface area contributed by atoms with Crippen LogP contribution in [0, 0.1) is 11.8 Å². The van der Waals surface area contributed by atoms with Crippen LogP contribution in [0.3, 0.4) is 0 Å². The number of ether oxygens (including phenoxy) is 2. The third-order valence-electron chi connectivity index (χ3n) is 6.14. The standard InChI is InChI=1S/C26H34ClN3O3/c1-18(2)14-30(16-20-12-23(27)25-24(13-20)32-10-3-11-33-25)26(31)21-8-9-29(17-21)15-19-4-6-22(28)7-5-19/h4-7,12-13,18,21H,3,8-11,14-17,28H2,1-2H3/t21-/m1/s1. The van der Waals surface area contributed by atoms with Gasteiger partial charge in [-0.05, 0) is 54.3 Å². The number of rotatable bonds is 7. The normalized spacial score (nSPS) is 18.4. The SMILES string of the molecule is CC(C)CN(Cc1cc(Cl)c2c(c1)OCCCO2)C(=O)[C@@H]1CCN(Cc2ccc(N)cc2)C1. The summed E-state index contributed by atoms with van der Waals surface area (Å²) in [6.45, 7) is 9.25. The third kappa shape index (κ3) is 6.12. The first-order chi connectivity index (χ1) is 15.9. The Morgan fingerprint density at radius 2 is 1.94 bits per heavy atom. The summed E-state index contributed by atoms with van der Waals surface area (Å²) < 4.78 is 11.6. The highest BCUT2D eigenvalue weighted by molar-refractivity contribution is 6.32. The highest BCUT2D eigenvalue weighted by atomic mass is 35.5. The summed E-state index contributed by atoms with van der Waals surface area (Å²) in [5, 5.41) is 0.539. The minimum atomic E-state index is 0.00779. The van der Waals surface area contributed by atoms with Crippen LogP contribution in [0.15, 0.2) is 36.4 Å². The molecular formula is C26H34ClN3O3. The van der Waals surface area contributed by atoms with Crippen LogP contribution >= 0.6 is 11.6 Å². The summed E-state index contributed by atoms with van der Waals surface area (Å²) in [5.74, 6) is 1.87. The maximum Gasteiger partial charge on any atom is 0.227 e. The number of hydrogen-bond acceptors (Lipinski definition) is 5. The van der Waals surface area contributed by atoms with Crippen LogP contribution in [-0.2, 0) is 17.9 Å². The van der Waals surface area contributed by atoms with Crippen molar-refractivity contribution in [3.8, 4) is 11.5 Å². The zero-order chi connectivity index (χ0) is 23.4. The Hall–Kier alpha value is -2.44. The Labute approximate surface area is 201 Å². The number of hydrogen-bond donors (Lipinski definition) is 1. The second-order valence-electron chi connectivity index (χ2n) is 9.53. The molecule has 0 bridgehead atoms. The number of anilines is 1. The van der Waals surface area contributed by atoms with E-state index in [4.69, 9.17) is 26.8 Å². The second-order valence-corrected chi connectivity index (χ2v) is 9.94. The quantitative estimate of drug-likeness (QED) is 0.598. The molecular weight excluding hydrogens is 438 g/mol. The summed E-state index contributed by atoms with van der Waals surface area (Å²) in [6.07, 6.45) is 1.71. The molecule has 0 saturated carbocycles. The molecule has 2 heterocycles. The van der Waals surface area contributed by atoms with E-state index in [0.717, 1.165) is 43.7 Å². The lowest BCUT2D eigenvalue weighted by molar-refractivity contribution is -0.136. The lowest BCUT2D eigenvalue weighted by atomic mass is 10.0. The second kappa shape index (κ2) is 10.7. The van der Waals surface area contributed by atoms with Crippen LogP contribution in [0.25, 0.3) is 0 Å². The largest absolute Gasteiger partial charge is 0.489 e. The summed E-state index contributed by atoms with van der Waals surface area (Å²) in [5.41, 5.74) is 8.76. The van der Waals surface area contributed by atoms with Crippen LogP contribution in [0.1, 0.15) is 37.8 Å². The van der Waals surface area contributed by atoms with E-state index in [1.807, 2.05) is 29.2 Å². The average molecular weight is 472 g/mol. The van der Waals surface area contributed by atoms with Crippen molar-refractivity contribution in [3.63, 3.8) is 0 Å². The van der Waals surface area contributed by atoms with Crippen LogP contribution in [0.4, 0.5) is 5.69 Å². The molecule has 1 fully saturated rings. The molecule has 1 amide bonds. The van der Waals surface area contributed by atoms with Gasteiger partial charge in [-0.3, -0.25) is 9.69 Å². The number of carbonyl (C=O) groups is 1. The smallest absolute Gasteiger partial charge is 0.227 e. The Balaban J connectivity index is 1.44. The van der Waals surface area contributed by atoms with Gasteiger partial charge in [-0.2, -0.15) is 0 Å². The highest BCUT2D eigenvalue weighted by Gasteiger charge is 2.32. The fraction of sp³-hybridized carbons (Fsp3) is 0.500. The Bertz CT molecular complexity index is 964. The van der Waals surface area contributed by atoms with Gasteiger partial charge in [0.25, 0.3) is 0 Å². The van der Waals surface area contributed by atoms with Crippen molar-refractivity contribution in [1.82, 2.24) is 9.80 Å². The molecule has 2 aliphatic heterocycles. The predicted molar refractivity (Wildman–Crippen MR) is 132 cm³/mol. The third-order valence-corrected chi connectivity index (χ3v) is 6.42. The van der Waals surface area contributed by atoms with Gasteiger partial charge in [0.15, 0.2) is 11.5 Å². The van der Waals surface area contributed by atoms with E-state index < -0.39 is 0 Å². The lowest BCUT2D eigenvalue weighted by Crippen LogP contribution is -2.39. The number of nitrogen functional groups attached to an aromatic ring is 1.